The van der Waals surface area contributed by atoms with Gasteiger partial charge in [-0.05, 0) is 64.1 Å². The number of Topliss-reactive ketones (excluding diaryl/α,β-unsaturated/α-hetero) is 1. The second kappa shape index (κ2) is 8.71. The molecule has 7 heteroatoms. The Labute approximate surface area is 181 Å². The average Bonchev–Trinajstić information content (AvgIpc) is 3.02. The lowest BCUT2D eigenvalue weighted by molar-refractivity contribution is -0.157. The van der Waals surface area contributed by atoms with Gasteiger partial charge in [-0.1, -0.05) is 0 Å². The summed E-state index contributed by atoms with van der Waals surface area (Å²) >= 11 is 0. The van der Waals surface area contributed by atoms with Crippen LogP contribution in [0.2, 0.25) is 0 Å². The molecule has 0 unspecified atom stereocenters. The predicted octanol–water partition coefficient (Wildman–Crippen LogP) is 4.35. The molecule has 164 valence electrons. The molecule has 0 aromatic heterocycles. The van der Waals surface area contributed by atoms with Crippen LogP contribution in [-0.4, -0.2) is 38.2 Å². The highest BCUT2D eigenvalue weighted by Gasteiger charge is 2.30. The number of methoxy groups -OCH3 is 2. The summed E-state index contributed by atoms with van der Waals surface area (Å²) in [5.74, 6) is 1.49. The lowest BCUT2D eigenvalue weighted by atomic mass is 10.1. The molecule has 1 aliphatic heterocycles. The number of carbonyl (C=O) groups is 2. The molecule has 0 spiro atoms. The van der Waals surface area contributed by atoms with Gasteiger partial charge in [-0.3, -0.25) is 4.79 Å². The van der Waals surface area contributed by atoms with Crippen LogP contribution in [0.15, 0.2) is 36.1 Å². The van der Waals surface area contributed by atoms with Gasteiger partial charge in [-0.15, -0.1) is 0 Å². The molecule has 7 nitrogen and oxygen atoms in total. The van der Waals surface area contributed by atoms with E-state index in [1.165, 1.54) is 0 Å². The summed E-state index contributed by atoms with van der Waals surface area (Å²) in [5, 5.41) is 0. The van der Waals surface area contributed by atoms with Crippen LogP contribution in [0.5, 0.6) is 23.0 Å². The summed E-state index contributed by atoms with van der Waals surface area (Å²) in [5.41, 5.74) is 1.10. The minimum Gasteiger partial charge on any atom is -0.497 e. The number of hydrogen-bond donors (Lipinski definition) is 0. The van der Waals surface area contributed by atoms with E-state index in [4.69, 9.17) is 23.7 Å². The Bertz CT molecular complexity index is 1040. The van der Waals surface area contributed by atoms with Gasteiger partial charge in [0.25, 0.3) is 0 Å². The maximum atomic E-state index is 12.9. The molecular formula is C24H26O7. The summed E-state index contributed by atoms with van der Waals surface area (Å²) < 4.78 is 27.4. The zero-order chi connectivity index (χ0) is 22.8. The Morgan fingerprint density at radius 3 is 2.42 bits per heavy atom. The van der Waals surface area contributed by atoms with Gasteiger partial charge in [0, 0.05) is 11.1 Å². The third-order valence-electron chi connectivity index (χ3n) is 4.53. The number of allylic oxidation sites excluding steroid dienone is 1. The molecule has 0 fully saturated rings. The van der Waals surface area contributed by atoms with Gasteiger partial charge in [0.05, 0.1) is 19.8 Å². The van der Waals surface area contributed by atoms with E-state index in [2.05, 4.69) is 0 Å². The molecule has 1 heterocycles. The normalized spacial score (nSPS) is 14.1. The quantitative estimate of drug-likeness (QED) is 0.502. The maximum absolute atomic E-state index is 12.9. The second-order valence-electron chi connectivity index (χ2n) is 7.99. The summed E-state index contributed by atoms with van der Waals surface area (Å²) in [6.07, 6.45) is 1.62. The molecule has 0 saturated heterocycles. The first kappa shape index (κ1) is 22.2. The number of rotatable bonds is 6. The number of esters is 1. The highest BCUT2D eigenvalue weighted by Crippen LogP contribution is 2.40. The topological polar surface area (TPSA) is 80.3 Å². The molecule has 0 atom stereocenters. The van der Waals surface area contributed by atoms with Crippen LogP contribution in [0.25, 0.3) is 6.08 Å². The number of fused-ring (bicyclic) bond motifs is 1. The molecule has 2 aromatic rings. The standard InChI is InChI=1S/C24H26O7/c1-14-18(29-13-21(25)31-24(2,3)4)10-8-17-22(26)20(30-23(14)17)12-15-11-16(27-5)7-9-19(15)28-6/h7-12H,13H2,1-6H3/b20-12-. The Hall–Kier alpha value is -3.48. The van der Waals surface area contributed by atoms with E-state index in [-0.39, 0.29) is 18.1 Å². The third kappa shape index (κ3) is 4.99. The van der Waals surface area contributed by atoms with Crippen molar-refractivity contribution < 1.29 is 33.3 Å². The fraction of sp³-hybridized carbons (Fsp3) is 0.333. The highest BCUT2D eigenvalue weighted by molar-refractivity contribution is 6.15. The van der Waals surface area contributed by atoms with Crippen LogP contribution in [0, 0.1) is 6.92 Å². The van der Waals surface area contributed by atoms with Crippen LogP contribution < -0.4 is 18.9 Å². The zero-order valence-corrected chi connectivity index (χ0v) is 18.5. The van der Waals surface area contributed by atoms with Crippen molar-refractivity contribution in [1.82, 2.24) is 0 Å². The van der Waals surface area contributed by atoms with Gasteiger partial charge in [0.2, 0.25) is 5.78 Å². The van der Waals surface area contributed by atoms with E-state index in [0.717, 1.165) is 0 Å². The molecule has 3 rings (SSSR count). The smallest absolute Gasteiger partial charge is 0.344 e. The average molecular weight is 426 g/mol. The van der Waals surface area contributed by atoms with Gasteiger partial charge < -0.3 is 23.7 Å². The first-order chi connectivity index (χ1) is 14.6. The van der Waals surface area contributed by atoms with Crippen LogP contribution in [-0.2, 0) is 9.53 Å². The summed E-state index contributed by atoms with van der Waals surface area (Å²) in [6.45, 7) is 6.89. The van der Waals surface area contributed by atoms with Gasteiger partial charge in [-0.2, -0.15) is 0 Å². The second-order valence-corrected chi connectivity index (χ2v) is 7.99. The molecule has 0 saturated carbocycles. The molecule has 0 N–H and O–H groups in total. The molecule has 0 amide bonds. The monoisotopic (exact) mass is 426 g/mol. The number of benzene rings is 2. The first-order valence-corrected chi connectivity index (χ1v) is 9.77. The first-order valence-electron chi connectivity index (χ1n) is 9.77. The number of ketones is 1. The van der Waals surface area contributed by atoms with Crippen molar-refractivity contribution in [2.24, 2.45) is 0 Å². The molecule has 2 aromatic carbocycles. The van der Waals surface area contributed by atoms with Gasteiger partial charge in [-0.25, -0.2) is 4.79 Å². The van der Waals surface area contributed by atoms with E-state index in [9.17, 15) is 9.59 Å². The minimum absolute atomic E-state index is 0.161. The van der Waals surface area contributed by atoms with E-state index in [1.54, 1.807) is 78.3 Å². The summed E-state index contributed by atoms with van der Waals surface area (Å²) in [6, 6.07) is 8.55. The van der Waals surface area contributed by atoms with Crippen molar-refractivity contribution in [3.8, 4) is 23.0 Å². The van der Waals surface area contributed by atoms with Crippen molar-refractivity contribution >= 4 is 17.8 Å². The van der Waals surface area contributed by atoms with Crippen molar-refractivity contribution in [2.45, 2.75) is 33.3 Å². The Balaban J connectivity index is 1.84. The van der Waals surface area contributed by atoms with E-state index in [1.807, 2.05) is 0 Å². The number of carbonyl (C=O) groups excluding carboxylic acids is 2. The molecule has 0 bridgehead atoms. The highest BCUT2D eigenvalue weighted by atomic mass is 16.6. The van der Waals surface area contributed by atoms with Crippen LogP contribution >= 0.6 is 0 Å². The Kier molecular flexibility index (Phi) is 6.24. The van der Waals surface area contributed by atoms with E-state index in [0.29, 0.717) is 39.7 Å². The fourth-order valence-electron chi connectivity index (χ4n) is 3.13. The maximum Gasteiger partial charge on any atom is 0.344 e. The van der Waals surface area contributed by atoms with Crippen molar-refractivity contribution in [2.75, 3.05) is 20.8 Å². The van der Waals surface area contributed by atoms with Gasteiger partial charge in [0.15, 0.2) is 12.4 Å². The fourth-order valence-corrected chi connectivity index (χ4v) is 3.13. The number of ether oxygens (including phenoxy) is 5. The molecule has 0 radical (unpaired) electrons. The SMILES string of the molecule is COc1ccc(OC)c(/C=C2\Oc3c(ccc(OCC(=O)OC(C)(C)C)c3C)C2=O)c1. The molecular weight excluding hydrogens is 400 g/mol. The minimum atomic E-state index is -0.593. The van der Waals surface area contributed by atoms with Crippen molar-refractivity contribution in [1.29, 1.82) is 0 Å². The molecule has 0 aliphatic carbocycles. The van der Waals surface area contributed by atoms with Gasteiger partial charge in [0.1, 0.15) is 28.6 Å². The van der Waals surface area contributed by atoms with Crippen molar-refractivity contribution in [3.05, 3.63) is 52.8 Å². The van der Waals surface area contributed by atoms with Gasteiger partial charge >= 0.3 is 5.97 Å². The predicted molar refractivity (Wildman–Crippen MR) is 115 cm³/mol. The van der Waals surface area contributed by atoms with E-state index >= 15 is 0 Å². The summed E-state index contributed by atoms with van der Waals surface area (Å²) in [7, 11) is 3.11. The van der Waals surface area contributed by atoms with Crippen LogP contribution in [0.1, 0.15) is 42.3 Å². The third-order valence-corrected chi connectivity index (χ3v) is 4.53. The van der Waals surface area contributed by atoms with E-state index < -0.39 is 11.6 Å². The number of hydrogen-bond acceptors (Lipinski definition) is 7. The Morgan fingerprint density at radius 2 is 1.77 bits per heavy atom. The lowest BCUT2D eigenvalue weighted by Gasteiger charge is -2.19. The molecule has 31 heavy (non-hydrogen) atoms. The Morgan fingerprint density at radius 1 is 1.06 bits per heavy atom. The van der Waals surface area contributed by atoms with Crippen molar-refractivity contribution in [3.63, 3.8) is 0 Å². The van der Waals surface area contributed by atoms with Crippen LogP contribution in [0.4, 0.5) is 0 Å². The van der Waals surface area contributed by atoms with Crippen LogP contribution in [0.3, 0.4) is 0 Å². The lowest BCUT2D eigenvalue weighted by Crippen LogP contribution is -2.27. The largest absolute Gasteiger partial charge is 0.497 e. The molecule has 1 aliphatic rings. The zero-order valence-electron chi connectivity index (χ0n) is 18.5. The summed E-state index contributed by atoms with van der Waals surface area (Å²) in [4.78, 5) is 24.8.